The predicted octanol–water partition coefficient (Wildman–Crippen LogP) is 14.2. The summed E-state index contributed by atoms with van der Waals surface area (Å²) in [6.45, 7) is 0. The third-order valence-electron chi connectivity index (χ3n) is 12.5. The topological polar surface area (TPSA) is 53.5 Å². The summed E-state index contributed by atoms with van der Waals surface area (Å²) in [5.41, 5.74) is 12.5. The van der Waals surface area contributed by atoms with E-state index in [2.05, 4.69) is 214 Å². The molecule has 6 nitrogen and oxygen atoms in total. The van der Waals surface area contributed by atoms with Gasteiger partial charge in [-0.05, 0) is 65.7 Å². The first-order valence-electron chi connectivity index (χ1n) is 21.3. The smallest absolute Gasteiger partial charge is 0.238 e. The Morgan fingerprint density at radius 3 is 1.16 bits per heavy atom. The average molecular weight is 805 g/mol. The van der Waals surface area contributed by atoms with Gasteiger partial charge in [0.1, 0.15) is 0 Å². The first-order chi connectivity index (χ1) is 31.3. The van der Waals surface area contributed by atoms with Crippen molar-refractivity contribution in [1.82, 2.24) is 28.7 Å². The maximum atomic E-state index is 5.60. The lowest BCUT2D eigenvalue weighted by Crippen LogP contribution is -2.10. The summed E-state index contributed by atoms with van der Waals surface area (Å²) in [7, 11) is 0. The molecule has 9 aromatic carbocycles. The minimum absolute atomic E-state index is 0.550. The quantitative estimate of drug-likeness (QED) is 0.168. The molecule has 0 aliphatic heterocycles. The van der Waals surface area contributed by atoms with Crippen molar-refractivity contribution in [3.8, 4) is 51.2 Å². The van der Waals surface area contributed by atoms with Gasteiger partial charge in [0.25, 0.3) is 0 Å². The summed E-state index contributed by atoms with van der Waals surface area (Å²) < 4.78 is 6.98. The van der Waals surface area contributed by atoms with Crippen LogP contribution in [0, 0.1) is 0 Å². The largest absolute Gasteiger partial charge is 0.308 e. The Kier molecular flexibility index (Phi) is 7.80. The Morgan fingerprint density at radius 1 is 0.254 bits per heavy atom. The molecule has 4 aromatic heterocycles. The zero-order valence-corrected chi connectivity index (χ0v) is 34.0. The number of nitrogens with zero attached hydrogens (tertiary/aromatic N) is 6. The second-order valence-electron chi connectivity index (χ2n) is 16.0. The summed E-state index contributed by atoms with van der Waals surface area (Å²) >= 11 is 0. The maximum absolute atomic E-state index is 5.60. The SMILES string of the molecule is c1ccc(-c2ccc3c(c2)c2ccccc2n3-c2cccc(-n3c4ccccc4c4ccccc43)c2-c2nc(-c3ccccc3)nc(-n3c4ccccc4c4ccccc43)n2)cc1. The fraction of sp³-hybridized carbons (Fsp3) is 0. The monoisotopic (exact) mass is 804 g/mol. The van der Waals surface area contributed by atoms with E-state index >= 15 is 0 Å². The van der Waals surface area contributed by atoms with Gasteiger partial charge >= 0.3 is 0 Å². The van der Waals surface area contributed by atoms with Crippen LogP contribution in [0.3, 0.4) is 0 Å². The fourth-order valence-electron chi connectivity index (χ4n) is 9.79. The molecular weight excluding hydrogens is 769 g/mol. The molecule has 4 heterocycles. The number of fused-ring (bicyclic) bond motifs is 9. The van der Waals surface area contributed by atoms with Crippen molar-refractivity contribution in [2.24, 2.45) is 0 Å². The van der Waals surface area contributed by atoms with Gasteiger partial charge in [-0.1, -0.05) is 164 Å². The molecule has 0 spiro atoms. The number of benzene rings is 9. The van der Waals surface area contributed by atoms with E-state index in [0.717, 1.165) is 66.4 Å². The lowest BCUT2D eigenvalue weighted by Gasteiger charge is -2.20. The standard InChI is InChI=1S/C57H36N6/c1-3-18-37(19-4-1)39-34-35-51-45(36-39)44-26-11-14-29-48(44)62(51)53-33-17-32-52(61-46-27-12-7-22-40(46)41-23-8-13-28-47(41)61)54(53)56-58-55(38-20-5-2-6-21-38)59-57(60-56)63-49-30-15-9-24-42(49)43-25-10-16-31-50(43)63/h1-36H. The molecular formula is C57H36N6. The van der Waals surface area contributed by atoms with Gasteiger partial charge in [-0.15, -0.1) is 0 Å². The molecule has 0 saturated heterocycles. The first kappa shape index (κ1) is 35.2. The Bertz CT molecular complexity index is 3810. The van der Waals surface area contributed by atoms with Crippen molar-refractivity contribution in [3.63, 3.8) is 0 Å². The summed E-state index contributed by atoms with van der Waals surface area (Å²) in [4.78, 5) is 16.4. The van der Waals surface area contributed by atoms with E-state index in [-0.39, 0.29) is 0 Å². The highest BCUT2D eigenvalue weighted by atomic mass is 15.2. The third-order valence-corrected chi connectivity index (χ3v) is 12.5. The molecule has 0 fully saturated rings. The number of hydrogen-bond acceptors (Lipinski definition) is 3. The van der Waals surface area contributed by atoms with Crippen LogP contribution < -0.4 is 0 Å². The number of rotatable bonds is 6. The molecule has 6 heteroatoms. The molecule has 0 amide bonds. The third kappa shape index (κ3) is 5.41. The lowest BCUT2D eigenvalue weighted by molar-refractivity contribution is 0.949. The van der Waals surface area contributed by atoms with Crippen LogP contribution in [0.2, 0.25) is 0 Å². The normalized spacial score (nSPS) is 11.8. The summed E-state index contributed by atoms with van der Waals surface area (Å²) in [6.07, 6.45) is 0. The van der Waals surface area contributed by atoms with E-state index in [1.807, 2.05) is 18.2 Å². The lowest BCUT2D eigenvalue weighted by atomic mass is 10.0. The molecule has 63 heavy (non-hydrogen) atoms. The molecule has 0 radical (unpaired) electrons. The van der Waals surface area contributed by atoms with Crippen molar-refractivity contribution in [1.29, 1.82) is 0 Å². The van der Waals surface area contributed by atoms with Gasteiger partial charge in [-0.3, -0.25) is 4.57 Å². The Labute approximate surface area is 362 Å². The van der Waals surface area contributed by atoms with Crippen LogP contribution in [-0.4, -0.2) is 28.7 Å². The molecule has 0 atom stereocenters. The van der Waals surface area contributed by atoms with Crippen LogP contribution in [0.5, 0.6) is 0 Å². The second-order valence-corrected chi connectivity index (χ2v) is 16.0. The van der Waals surface area contributed by atoms with Crippen molar-refractivity contribution < 1.29 is 0 Å². The van der Waals surface area contributed by atoms with Crippen LogP contribution in [0.1, 0.15) is 0 Å². The Morgan fingerprint density at radius 2 is 0.651 bits per heavy atom. The van der Waals surface area contributed by atoms with E-state index < -0.39 is 0 Å². The molecule has 0 N–H and O–H groups in total. The van der Waals surface area contributed by atoms with Gasteiger partial charge in [0, 0.05) is 37.9 Å². The van der Waals surface area contributed by atoms with Gasteiger partial charge in [-0.2, -0.15) is 9.97 Å². The summed E-state index contributed by atoms with van der Waals surface area (Å²) in [6, 6.07) is 77.4. The highest BCUT2D eigenvalue weighted by Crippen LogP contribution is 2.43. The second kappa shape index (κ2) is 14.0. The first-order valence-corrected chi connectivity index (χ1v) is 21.3. The molecule has 13 rings (SSSR count). The van der Waals surface area contributed by atoms with Crippen LogP contribution in [-0.2, 0) is 0 Å². The van der Waals surface area contributed by atoms with E-state index in [1.54, 1.807) is 0 Å². The van der Waals surface area contributed by atoms with Crippen LogP contribution >= 0.6 is 0 Å². The van der Waals surface area contributed by atoms with Crippen molar-refractivity contribution in [2.45, 2.75) is 0 Å². The van der Waals surface area contributed by atoms with Crippen molar-refractivity contribution in [2.75, 3.05) is 0 Å². The minimum atomic E-state index is 0.550. The number of aromatic nitrogens is 6. The van der Waals surface area contributed by atoms with E-state index in [9.17, 15) is 0 Å². The van der Waals surface area contributed by atoms with Crippen LogP contribution in [0.15, 0.2) is 218 Å². The number of hydrogen-bond donors (Lipinski definition) is 0. The molecule has 0 bridgehead atoms. The van der Waals surface area contributed by atoms with Gasteiger partial charge in [0.2, 0.25) is 5.95 Å². The van der Waals surface area contributed by atoms with Crippen molar-refractivity contribution in [3.05, 3.63) is 218 Å². The number of para-hydroxylation sites is 5. The Hall–Kier alpha value is -8.61. The van der Waals surface area contributed by atoms with Crippen LogP contribution in [0.25, 0.3) is 117 Å². The molecule has 0 saturated carbocycles. The van der Waals surface area contributed by atoms with Crippen LogP contribution in [0.4, 0.5) is 0 Å². The van der Waals surface area contributed by atoms with Gasteiger partial charge in [-0.25, -0.2) is 4.98 Å². The van der Waals surface area contributed by atoms with Gasteiger partial charge < -0.3 is 9.13 Å². The molecule has 294 valence electrons. The highest BCUT2D eigenvalue weighted by Gasteiger charge is 2.26. The van der Waals surface area contributed by atoms with E-state index in [1.165, 1.54) is 32.7 Å². The van der Waals surface area contributed by atoms with Gasteiger partial charge in [0.15, 0.2) is 11.6 Å². The molecule has 0 aliphatic rings. The summed E-state index contributed by atoms with van der Waals surface area (Å²) in [5.74, 6) is 1.71. The average Bonchev–Trinajstić information content (AvgIpc) is 4.00. The molecule has 0 unspecified atom stereocenters. The van der Waals surface area contributed by atoms with Crippen molar-refractivity contribution >= 4 is 65.4 Å². The summed E-state index contributed by atoms with van der Waals surface area (Å²) in [5, 5.41) is 6.99. The maximum Gasteiger partial charge on any atom is 0.238 e. The predicted molar refractivity (Wildman–Crippen MR) is 259 cm³/mol. The van der Waals surface area contributed by atoms with E-state index in [4.69, 9.17) is 15.0 Å². The Balaban J connectivity index is 1.18. The zero-order valence-electron chi connectivity index (χ0n) is 34.0. The highest BCUT2D eigenvalue weighted by molar-refractivity contribution is 6.13. The van der Waals surface area contributed by atoms with E-state index in [0.29, 0.717) is 17.6 Å². The fourth-order valence-corrected chi connectivity index (χ4v) is 9.79. The molecule has 13 aromatic rings. The minimum Gasteiger partial charge on any atom is -0.308 e. The molecule has 0 aliphatic carbocycles. The van der Waals surface area contributed by atoms with Gasteiger partial charge in [0.05, 0.1) is 50.0 Å². The zero-order chi connectivity index (χ0) is 41.4.